The second kappa shape index (κ2) is 9.90. The van der Waals surface area contributed by atoms with Gasteiger partial charge in [-0.05, 0) is 74.8 Å². The highest BCUT2D eigenvalue weighted by Gasteiger charge is 2.27. The van der Waals surface area contributed by atoms with Gasteiger partial charge in [-0.25, -0.2) is 0 Å². The second-order valence-electron chi connectivity index (χ2n) is 7.49. The predicted octanol–water partition coefficient (Wildman–Crippen LogP) is 4.12. The molecule has 3 rings (SSSR count). The molecule has 1 saturated heterocycles. The van der Waals surface area contributed by atoms with Gasteiger partial charge in [0.25, 0.3) is 0 Å². The average molecular weight is 415 g/mol. The summed E-state index contributed by atoms with van der Waals surface area (Å²) in [5, 5.41) is 3.68. The summed E-state index contributed by atoms with van der Waals surface area (Å²) >= 11 is 6.02. The van der Waals surface area contributed by atoms with Gasteiger partial charge in [-0.15, -0.1) is 0 Å². The zero-order chi connectivity index (χ0) is 20.8. The molecule has 1 aliphatic rings. The van der Waals surface area contributed by atoms with Crippen LogP contribution in [0, 0.1) is 5.92 Å². The van der Waals surface area contributed by atoms with Crippen LogP contribution in [0.4, 0.5) is 0 Å². The van der Waals surface area contributed by atoms with Crippen LogP contribution in [-0.4, -0.2) is 43.3 Å². The molecule has 0 aliphatic carbocycles. The molecule has 1 aliphatic heterocycles. The van der Waals surface area contributed by atoms with Crippen LogP contribution < -0.4 is 10.1 Å². The Hall–Kier alpha value is -2.37. The van der Waals surface area contributed by atoms with E-state index in [2.05, 4.69) is 10.2 Å². The van der Waals surface area contributed by atoms with Crippen molar-refractivity contribution in [2.45, 2.75) is 25.8 Å². The van der Waals surface area contributed by atoms with Gasteiger partial charge in [0.15, 0.2) is 5.78 Å². The number of carbonyl (C=O) groups is 2. The molecule has 0 bridgehead atoms. The first-order valence-corrected chi connectivity index (χ1v) is 10.3. The van der Waals surface area contributed by atoms with Crippen molar-refractivity contribution >= 4 is 23.3 Å². The number of amides is 1. The second-order valence-corrected chi connectivity index (χ2v) is 7.92. The van der Waals surface area contributed by atoms with Gasteiger partial charge in [0.2, 0.25) is 5.91 Å². The highest BCUT2D eigenvalue weighted by molar-refractivity contribution is 6.30. The van der Waals surface area contributed by atoms with E-state index in [4.69, 9.17) is 16.3 Å². The van der Waals surface area contributed by atoms with Crippen molar-refractivity contribution < 1.29 is 14.3 Å². The standard InChI is InChI=1S/C23H27ClN2O3/c1-16(19-4-3-5-20(24)14-19)25-22(27)15-26-12-10-18(11-13-26)23(28)17-6-8-21(29-2)9-7-17/h3-9,14,16,18H,10-13,15H2,1-2H3,(H,25,27). The number of carbonyl (C=O) groups excluding carboxylic acids is 2. The van der Waals surface area contributed by atoms with Crippen molar-refractivity contribution in [3.63, 3.8) is 0 Å². The summed E-state index contributed by atoms with van der Waals surface area (Å²) in [4.78, 5) is 27.2. The summed E-state index contributed by atoms with van der Waals surface area (Å²) in [6.45, 7) is 3.77. The molecule has 1 amide bonds. The Morgan fingerprint density at radius 1 is 1.17 bits per heavy atom. The van der Waals surface area contributed by atoms with Crippen LogP contribution in [0.15, 0.2) is 48.5 Å². The lowest BCUT2D eigenvalue weighted by atomic mass is 9.89. The van der Waals surface area contributed by atoms with Gasteiger partial charge >= 0.3 is 0 Å². The van der Waals surface area contributed by atoms with E-state index in [0.717, 1.165) is 42.8 Å². The third kappa shape index (κ3) is 5.81. The van der Waals surface area contributed by atoms with Crippen LogP contribution in [0.1, 0.15) is 41.7 Å². The first-order valence-electron chi connectivity index (χ1n) is 9.91. The first kappa shape index (κ1) is 21.3. The quantitative estimate of drug-likeness (QED) is 0.692. The first-order chi connectivity index (χ1) is 14.0. The number of nitrogens with one attached hydrogen (secondary N) is 1. The monoisotopic (exact) mass is 414 g/mol. The Balaban J connectivity index is 1.46. The molecule has 1 heterocycles. The molecule has 29 heavy (non-hydrogen) atoms. The summed E-state index contributed by atoms with van der Waals surface area (Å²) in [7, 11) is 1.61. The highest BCUT2D eigenvalue weighted by atomic mass is 35.5. The number of rotatable bonds is 7. The van der Waals surface area contributed by atoms with E-state index in [1.54, 1.807) is 7.11 Å². The van der Waals surface area contributed by atoms with E-state index in [1.165, 1.54) is 0 Å². The number of ketones is 1. The summed E-state index contributed by atoms with van der Waals surface area (Å²) in [6, 6.07) is 14.7. The number of methoxy groups -OCH3 is 1. The smallest absolute Gasteiger partial charge is 0.234 e. The van der Waals surface area contributed by atoms with Gasteiger partial charge in [-0.2, -0.15) is 0 Å². The molecule has 1 N–H and O–H groups in total. The molecule has 1 fully saturated rings. The van der Waals surface area contributed by atoms with Crippen molar-refractivity contribution in [3.8, 4) is 5.75 Å². The number of likely N-dealkylation sites (tertiary alicyclic amines) is 1. The largest absolute Gasteiger partial charge is 0.497 e. The number of hydrogen-bond acceptors (Lipinski definition) is 4. The minimum absolute atomic E-state index is 0.00749. The minimum atomic E-state index is -0.101. The van der Waals surface area contributed by atoms with E-state index in [0.29, 0.717) is 11.6 Å². The van der Waals surface area contributed by atoms with Crippen molar-refractivity contribution in [3.05, 3.63) is 64.7 Å². The lowest BCUT2D eigenvalue weighted by Crippen LogP contribution is -2.43. The average Bonchev–Trinajstić information content (AvgIpc) is 2.73. The van der Waals surface area contributed by atoms with E-state index in [-0.39, 0.29) is 23.7 Å². The Morgan fingerprint density at radius 2 is 1.86 bits per heavy atom. The fourth-order valence-corrected chi connectivity index (χ4v) is 3.89. The van der Waals surface area contributed by atoms with Gasteiger partial charge in [0, 0.05) is 16.5 Å². The SMILES string of the molecule is COc1ccc(C(=O)C2CCN(CC(=O)NC(C)c3cccc(Cl)c3)CC2)cc1. The molecule has 1 atom stereocenters. The molecule has 5 nitrogen and oxygen atoms in total. The lowest BCUT2D eigenvalue weighted by molar-refractivity contribution is -0.123. The van der Waals surface area contributed by atoms with Crippen molar-refractivity contribution in [1.29, 1.82) is 0 Å². The molecule has 0 spiro atoms. The Labute approximate surface area is 177 Å². The Kier molecular flexibility index (Phi) is 7.29. The van der Waals surface area contributed by atoms with Gasteiger partial charge in [0.1, 0.15) is 5.75 Å². The fourth-order valence-electron chi connectivity index (χ4n) is 3.69. The van der Waals surface area contributed by atoms with E-state index in [1.807, 2.05) is 55.5 Å². The predicted molar refractivity (Wildman–Crippen MR) is 114 cm³/mol. The van der Waals surface area contributed by atoms with Crippen LogP contribution in [0.3, 0.4) is 0 Å². The molecule has 6 heteroatoms. The normalized spacial score (nSPS) is 16.2. The maximum atomic E-state index is 12.7. The number of Topliss-reactive ketones (excluding diaryl/α,β-unsaturated/α-hetero) is 1. The maximum Gasteiger partial charge on any atom is 0.234 e. The molecule has 1 unspecified atom stereocenters. The number of ether oxygens (including phenoxy) is 1. The van der Waals surface area contributed by atoms with Crippen molar-refractivity contribution in [2.75, 3.05) is 26.7 Å². The van der Waals surface area contributed by atoms with Crippen LogP contribution >= 0.6 is 11.6 Å². The number of nitrogens with zero attached hydrogens (tertiary/aromatic N) is 1. The van der Waals surface area contributed by atoms with Crippen molar-refractivity contribution in [2.24, 2.45) is 5.92 Å². The van der Waals surface area contributed by atoms with E-state index in [9.17, 15) is 9.59 Å². The van der Waals surface area contributed by atoms with E-state index < -0.39 is 0 Å². The zero-order valence-corrected chi connectivity index (χ0v) is 17.6. The highest BCUT2D eigenvalue weighted by Crippen LogP contribution is 2.23. The van der Waals surface area contributed by atoms with Gasteiger partial charge < -0.3 is 10.1 Å². The third-order valence-electron chi connectivity index (χ3n) is 5.43. The molecular weight excluding hydrogens is 388 g/mol. The third-order valence-corrected chi connectivity index (χ3v) is 5.66. The van der Waals surface area contributed by atoms with Crippen LogP contribution in [-0.2, 0) is 4.79 Å². The van der Waals surface area contributed by atoms with Gasteiger partial charge in [0.05, 0.1) is 19.7 Å². The Bertz CT molecular complexity index is 845. The van der Waals surface area contributed by atoms with Gasteiger partial charge in [-0.3, -0.25) is 14.5 Å². The molecule has 2 aromatic rings. The number of halogens is 1. The zero-order valence-electron chi connectivity index (χ0n) is 16.9. The maximum absolute atomic E-state index is 12.7. The van der Waals surface area contributed by atoms with Crippen LogP contribution in [0.2, 0.25) is 5.02 Å². The number of benzene rings is 2. The lowest BCUT2D eigenvalue weighted by Gasteiger charge is -2.31. The molecule has 0 saturated carbocycles. The van der Waals surface area contributed by atoms with Gasteiger partial charge in [-0.1, -0.05) is 23.7 Å². The molecule has 0 aromatic heterocycles. The summed E-state index contributed by atoms with van der Waals surface area (Å²) in [5.74, 6) is 0.909. The van der Waals surface area contributed by atoms with Crippen molar-refractivity contribution in [1.82, 2.24) is 10.2 Å². The summed E-state index contributed by atoms with van der Waals surface area (Å²) in [6.07, 6.45) is 1.53. The minimum Gasteiger partial charge on any atom is -0.497 e. The summed E-state index contributed by atoms with van der Waals surface area (Å²) < 4.78 is 5.14. The van der Waals surface area contributed by atoms with Crippen LogP contribution in [0.25, 0.3) is 0 Å². The van der Waals surface area contributed by atoms with E-state index >= 15 is 0 Å². The Morgan fingerprint density at radius 3 is 2.48 bits per heavy atom. The molecule has 154 valence electrons. The fraction of sp³-hybridized carbons (Fsp3) is 0.391. The number of hydrogen-bond donors (Lipinski definition) is 1. The molecule has 0 radical (unpaired) electrons. The summed E-state index contributed by atoms with van der Waals surface area (Å²) in [5.41, 5.74) is 1.70. The van der Waals surface area contributed by atoms with Crippen LogP contribution in [0.5, 0.6) is 5.75 Å². The number of piperidine rings is 1. The molecule has 2 aromatic carbocycles. The molecular formula is C23H27ClN2O3. The topological polar surface area (TPSA) is 58.6 Å².